The first-order valence-electron chi connectivity index (χ1n) is 45.2. The molecule has 0 spiro atoms. The molecule has 0 unspecified atom stereocenters. The van der Waals surface area contributed by atoms with E-state index in [0.29, 0.717) is 51.1 Å². The van der Waals surface area contributed by atoms with Gasteiger partial charge in [-0.2, -0.15) is 0 Å². The van der Waals surface area contributed by atoms with Crippen molar-refractivity contribution < 1.29 is 99.2 Å². The number of primary amides is 2. The van der Waals surface area contributed by atoms with Gasteiger partial charge in [0.25, 0.3) is 10.0 Å². The lowest BCUT2D eigenvalue weighted by atomic mass is 9.77. The molecule has 0 saturated carbocycles. The Morgan fingerprint density at radius 1 is 0.474 bits per heavy atom. The van der Waals surface area contributed by atoms with Gasteiger partial charge in [0.1, 0.15) is 82.5 Å². The molecule has 5 aromatic rings. The van der Waals surface area contributed by atoms with Gasteiger partial charge in [-0.25, -0.2) is 17.9 Å². The molecular weight excluding hydrogens is 1760 g/mol. The van der Waals surface area contributed by atoms with Crippen molar-refractivity contribution in [3.63, 3.8) is 0 Å². The van der Waals surface area contributed by atoms with E-state index in [4.69, 9.17) is 40.6 Å². The van der Waals surface area contributed by atoms with Gasteiger partial charge >= 0.3 is 12.1 Å². The molecule has 18 N–H and O–H groups in total. The van der Waals surface area contributed by atoms with Crippen molar-refractivity contribution in [3.05, 3.63) is 166 Å². The number of fused-ring (bicyclic) bond motifs is 1. The van der Waals surface area contributed by atoms with E-state index >= 15 is 24.0 Å². The van der Waals surface area contributed by atoms with E-state index < -0.39 is 245 Å². The zero-order chi connectivity index (χ0) is 101. The standard InChI is InChI=1S/C97H140N16O21S/c1-56(2)49-69(110-91(127)134-95(17,18)19)84(121)108-71(51-77(117)132-94(14,15)16)85(122)105-68(45-47-75(115)112-97(62-37-28-23-29-38-62,63-39-30-24-31-40-63)64-41-32-25-33-42-64)83(120)109-73(55-131-93(11,12)13)88(125)106-67(44-46-74(98)114)82(119)107-70(50-61-35-26-22-27-36-61)86(123)111-78(57(3)4)89(126)102-53-76(116)103-72(54-130-92(8,9)10)87(124)104-66(81(99)118)43-34-48-101-90(100)113-135(128,129)80-59(6)58(5)79-65(60(80)7)52-96(20,21)133-79/h22-33,35-42,56-57,66-73,78H,34,43-55H2,1-21H3,(H2,98,114)(H2,99,118)(H,102,126)(H,103,116)(H,104,124)(H,105,122)(H,106,125)(H,107,119)(H,108,121)(H,109,120)(H,110,127)(H,111,123)(H,112,115)(H3,100,101,113)/t66-,67-,68-,69-,70-,71-,72-,73-,78-/m0/s1. The fourth-order valence-corrected chi connectivity index (χ4v) is 16.3. The van der Waals surface area contributed by atoms with Crippen LogP contribution in [0, 0.1) is 38.0 Å². The maximum absolute atomic E-state index is 15.6. The van der Waals surface area contributed by atoms with E-state index in [-0.39, 0.29) is 43.0 Å². The van der Waals surface area contributed by atoms with Gasteiger partial charge < -0.3 is 99.0 Å². The van der Waals surface area contributed by atoms with Gasteiger partial charge in [-0.15, -0.1) is 0 Å². The molecular formula is C97H140N16O21S. The van der Waals surface area contributed by atoms with Crippen molar-refractivity contribution in [2.75, 3.05) is 26.3 Å². The molecule has 0 bridgehead atoms. The monoisotopic (exact) mass is 1900 g/mol. The number of guanidine groups is 1. The highest BCUT2D eigenvalue weighted by atomic mass is 32.2. The fourth-order valence-electron chi connectivity index (χ4n) is 14.8. The summed E-state index contributed by atoms with van der Waals surface area (Å²) in [5.74, 6) is -13.7. The number of carbonyl (C=O) groups excluding carboxylic acids is 14. The molecule has 1 aliphatic heterocycles. The summed E-state index contributed by atoms with van der Waals surface area (Å²) >= 11 is 0. The molecule has 38 heteroatoms. The van der Waals surface area contributed by atoms with Crippen LogP contribution < -0.4 is 84.7 Å². The quantitative estimate of drug-likeness (QED) is 0.00725. The third-order valence-electron chi connectivity index (χ3n) is 21.4. The Morgan fingerprint density at radius 2 is 0.911 bits per heavy atom. The average molecular weight is 1900 g/mol. The molecule has 0 aromatic heterocycles. The van der Waals surface area contributed by atoms with E-state index in [1.165, 1.54) is 0 Å². The summed E-state index contributed by atoms with van der Waals surface area (Å²) in [6, 6.07) is 20.9. The van der Waals surface area contributed by atoms with Crippen LogP contribution in [-0.2, 0) is 110 Å². The van der Waals surface area contributed by atoms with E-state index in [9.17, 15) is 51.6 Å². The molecule has 0 radical (unpaired) electrons. The zero-order valence-corrected chi connectivity index (χ0v) is 82.3. The number of nitrogens with one attached hydrogen (secondary N) is 14. The fraction of sp³-hybridized carbons (Fsp3) is 0.536. The molecule has 0 aliphatic carbocycles. The molecule has 9 atom stereocenters. The predicted molar refractivity (Wildman–Crippen MR) is 506 cm³/mol. The highest BCUT2D eigenvalue weighted by Crippen LogP contribution is 2.44. The molecule has 1 heterocycles. The summed E-state index contributed by atoms with van der Waals surface area (Å²) in [5, 5.41) is 40.2. The van der Waals surface area contributed by atoms with E-state index in [2.05, 4.69) is 68.5 Å². The largest absolute Gasteiger partial charge is 0.487 e. The minimum absolute atomic E-state index is 0.00479. The minimum Gasteiger partial charge on any atom is -0.487 e. The van der Waals surface area contributed by atoms with E-state index in [1.807, 2.05) is 68.4 Å². The lowest BCUT2D eigenvalue weighted by Gasteiger charge is -2.37. The second-order valence-corrected chi connectivity index (χ2v) is 40.7. The van der Waals surface area contributed by atoms with Crippen LogP contribution in [0.2, 0.25) is 0 Å². The van der Waals surface area contributed by atoms with Gasteiger partial charge in [-0.05, 0) is 201 Å². The molecule has 6 rings (SSSR count). The molecule has 37 nitrogen and oxygen atoms in total. The highest BCUT2D eigenvalue weighted by Gasteiger charge is 2.43. The number of hydrogen-bond acceptors (Lipinski definition) is 22. The van der Waals surface area contributed by atoms with Crippen molar-refractivity contribution in [2.45, 2.75) is 302 Å². The first-order valence-corrected chi connectivity index (χ1v) is 46.7. The molecule has 740 valence electrons. The first-order chi connectivity index (χ1) is 62.8. The number of alkyl carbamates (subject to hydrolysis) is 1. The normalized spacial score (nSPS) is 14.6. The van der Waals surface area contributed by atoms with Crippen LogP contribution in [0.3, 0.4) is 0 Å². The van der Waals surface area contributed by atoms with Crippen LogP contribution >= 0.6 is 0 Å². The van der Waals surface area contributed by atoms with Crippen molar-refractivity contribution >= 4 is 98.9 Å². The second kappa shape index (κ2) is 49.1. The summed E-state index contributed by atoms with van der Waals surface area (Å²) in [6.07, 6.45) is -3.89. The number of rotatable bonds is 47. The maximum atomic E-state index is 15.6. The predicted octanol–water partition coefficient (Wildman–Crippen LogP) is 5.74. The number of amides is 13. The Hall–Kier alpha value is -12.6. The third kappa shape index (κ3) is 36.0. The summed E-state index contributed by atoms with van der Waals surface area (Å²) < 4.78 is 59.2. The van der Waals surface area contributed by atoms with Crippen LogP contribution in [0.25, 0.3) is 0 Å². The van der Waals surface area contributed by atoms with Crippen LogP contribution in [-0.4, -0.2) is 206 Å². The number of sulfonamides is 1. The van der Waals surface area contributed by atoms with Crippen LogP contribution in [0.15, 0.2) is 126 Å². The van der Waals surface area contributed by atoms with Gasteiger partial charge in [0.05, 0.1) is 42.3 Å². The molecule has 0 saturated heterocycles. The van der Waals surface area contributed by atoms with E-state index in [1.54, 1.807) is 198 Å². The van der Waals surface area contributed by atoms with Crippen molar-refractivity contribution in [3.8, 4) is 5.75 Å². The first kappa shape index (κ1) is 111. The topological polar surface area (TPSA) is 552 Å². The number of hydrogen-bond donors (Lipinski definition) is 16. The van der Waals surface area contributed by atoms with Gasteiger partial charge in [0, 0.05) is 37.8 Å². The summed E-state index contributed by atoms with van der Waals surface area (Å²) in [5.41, 5.74) is 10.2. The Bertz CT molecular complexity index is 5010. The SMILES string of the molecule is Cc1c(C)c(S(=O)(=O)NC(=N)NCCC[C@H](NC(=O)[C@H](COC(C)(C)C)NC(=O)CNC(=O)[C@@H](NC(=O)[C@H](Cc2ccccc2)NC(=O)[C@H](CCC(N)=O)NC(=O)[C@H](COC(C)(C)C)NC(=O)[C@H](CCC(=O)NC(c2ccccc2)(c2ccccc2)c2ccccc2)NC(=O)[C@H](CC(=O)OC(C)(C)C)NC(=O)[C@H](CC(C)C)NC(=O)OC(C)(C)C)C(C)C)C(N)=O)c(C)c2c1OC(C)(C)C2. The molecule has 5 aromatic carbocycles. The molecule has 135 heavy (non-hydrogen) atoms. The van der Waals surface area contributed by atoms with Gasteiger partial charge in [0.2, 0.25) is 76.8 Å². The average Bonchev–Trinajstić information content (AvgIpc) is 1.74. The van der Waals surface area contributed by atoms with Crippen LogP contribution in [0.4, 0.5) is 4.79 Å². The number of nitrogens with two attached hydrogens (primary N) is 2. The van der Waals surface area contributed by atoms with Crippen molar-refractivity contribution in [1.29, 1.82) is 5.41 Å². The Balaban J connectivity index is 1.26. The highest BCUT2D eigenvalue weighted by molar-refractivity contribution is 7.90. The number of carbonyl (C=O) groups is 14. The summed E-state index contributed by atoms with van der Waals surface area (Å²) in [7, 11) is -4.29. The number of esters is 1. The van der Waals surface area contributed by atoms with E-state index in [0.717, 1.165) is 5.56 Å². The van der Waals surface area contributed by atoms with Crippen LogP contribution in [0.1, 0.15) is 221 Å². The van der Waals surface area contributed by atoms with Crippen molar-refractivity contribution in [2.24, 2.45) is 23.3 Å². The van der Waals surface area contributed by atoms with Crippen LogP contribution in [0.5, 0.6) is 5.75 Å². The molecule has 0 fully saturated rings. The van der Waals surface area contributed by atoms with Gasteiger partial charge in [-0.1, -0.05) is 149 Å². The summed E-state index contributed by atoms with van der Waals surface area (Å²) in [6.45, 7) is 33.1. The molecule has 13 amide bonds. The third-order valence-corrected chi connectivity index (χ3v) is 23.0. The zero-order valence-electron chi connectivity index (χ0n) is 81.4. The smallest absolute Gasteiger partial charge is 0.408 e. The Morgan fingerprint density at radius 3 is 1.39 bits per heavy atom. The summed E-state index contributed by atoms with van der Waals surface area (Å²) in [4.78, 5) is 201. The van der Waals surface area contributed by atoms with Crippen molar-refractivity contribution in [1.82, 2.24) is 68.5 Å². The lowest BCUT2D eigenvalue weighted by molar-refractivity contribution is -0.156. The maximum Gasteiger partial charge on any atom is 0.408 e. The molecule has 1 aliphatic rings. The Kier molecular flexibility index (Phi) is 40.4. The lowest BCUT2D eigenvalue weighted by Crippen LogP contribution is -2.61. The number of benzene rings is 5. The number of ether oxygens (including phenoxy) is 5. The van der Waals surface area contributed by atoms with Gasteiger partial charge in [0.15, 0.2) is 0 Å². The minimum atomic E-state index is -4.29. The second-order valence-electron chi connectivity index (χ2n) is 39.0. The Labute approximate surface area is 791 Å². The van der Waals surface area contributed by atoms with Gasteiger partial charge in [-0.3, -0.25) is 67.7 Å².